The Labute approximate surface area is 122 Å². The van der Waals surface area contributed by atoms with Crippen LogP contribution >= 0.6 is 27.3 Å². The number of nitrogens with one attached hydrogen (secondary N) is 1. The first-order valence-electron chi connectivity index (χ1n) is 6.70. The molecule has 2 nitrogen and oxygen atoms in total. The van der Waals surface area contributed by atoms with Gasteiger partial charge in [-0.1, -0.05) is 6.92 Å². The molecule has 102 valence electrons. The van der Waals surface area contributed by atoms with Crippen molar-refractivity contribution in [3.8, 4) is 0 Å². The minimum absolute atomic E-state index is 0.0497. The van der Waals surface area contributed by atoms with Gasteiger partial charge in [-0.25, -0.2) is 0 Å². The molecule has 0 radical (unpaired) electrons. The van der Waals surface area contributed by atoms with Gasteiger partial charge < -0.3 is 10.1 Å². The normalized spacial score (nSPS) is 25.6. The third-order valence-electron chi connectivity index (χ3n) is 3.62. The van der Waals surface area contributed by atoms with Crippen molar-refractivity contribution in [2.45, 2.75) is 51.7 Å². The zero-order valence-electron chi connectivity index (χ0n) is 11.4. The van der Waals surface area contributed by atoms with E-state index in [0.717, 1.165) is 26.0 Å². The number of rotatable bonds is 5. The quantitative estimate of drug-likeness (QED) is 0.861. The molecule has 0 aliphatic carbocycles. The van der Waals surface area contributed by atoms with Crippen molar-refractivity contribution >= 4 is 27.3 Å². The molecule has 1 saturated heterocycles. The number of aryl methyl sites for hydroxylation is 1. The maximum atomic E-state index is 6.03. The first kappa shape index (κ1) is 14.5. The highest BCUT2D eigenvalue weighted by Gasteiger charge is 2.39. The largest absolute Gasteiger partial charge is 0.373 e. The molecule has 1 aliphatic rings. The zero-order chi connectivity index (χ0) is 13.2. The van der Waals surface area contributed by atoms with Crippen LogP contribution in [0.15, 0.2) is 10.5 Å². The van der Waals surface area contributed by atoms with E-state index in [-0.39, 0.29) is 5.60 Å². The number of ether oxygens (including phenoxy) is 1. The second-order valence-electron chi connectivity index (χ2n) is 5.20. The molecule has 0 aromatic carbocycles. The fraction of sp³-hybridized carbons (Fsp3) is 0.714. The molecule has 2 rings (SSSR count). The second-order valence-corrected chi connectivity index (χ2v) is 7.35. The molecule has 0 bridgehead atoms. The maximum absolute atomic E-state index is 6.03. The van der Waals surface area contributed by atoms with Crippen molar-refractivity contribution in [1.82, 2.24) is 5.32 Å². The van der Waals surface area contributed by atoms with Gasteiger partial charge in [-0.05, 0) is 61.7 Å². The molecule has 2 heterocycles. The Hall–Kier alpha value is 0.1000. The van der Waals surface area contributed by atoms with E-state index in [1.807, 2.05) is 11.3 Å². The van der Waals surface area contributed by atoms with Gasteiger partial charge in [0.05, 0.1) is 11.6 Å². The molecule has 0 amide bonds. The van der Waals surface area contributed by atoms with Gasteiger partial charge in [0.1, 0.15) is 0 Å². The molecule has 0 spiro atoms. The standard InChI is InChI=1S/C14H22BrNOS/c1-4-7-16-13(14(3)6-5-8-17-14)12-9-11(15)10(2)18-12/h9,13,16H,4-8H2,1-3H3. The molecule has 18 heavy (non-hydrogen) atoms. The first-order valence-corrected chi connectivity index (χ1v) is 8.31. The Balaban J connectivity index is 2.24. The van der Waals surface area contributed by atoms with E-state index in [1.165, 1.54) is 20.6 Å². The smallest absolute Gasteiger partial charge is 0.0857 e. The molecule has 1 fully saturated rings. The van der Waals surface area contributed by atoms with E-state index in [2.05, 4.69) is 48.1 Å². The average Bonchev–Trinajstić information content (AvgIpc) is 2.88. The predicted octanol–water partition coefficient (Wildman–Crippen LogP) is 4.43. The molecule has 4 heteroatoms. The van der Waals surface area contributed by atoms with Gasteiger partial charge in [0.2, 0.25) is 0 Å². The Bertz CT molecular complexity index is 379. The number of hydrogen-bond donors (Lipinski definition) is 1. The van der Waals surface area contributed by atoms with Crippen molar-refractivity contribution < 1.29 is 4.74 Å². The fourth-order valence-corrected chi connectivity index (χ4v) is 4.34. The lowest BCUT2D eigenvalue weighted by Gasteiger charge is -2.33. The fourth-order valence-electron chi connectivity index (χ4n) is 2.56. The summed E-state index contributed by atoms with van der Waals surface area (Å²) in [4.78, 5) is 2.73. The third-order valence-corrected chi connectivity index (χ3v) is 5.82. The lowest BCUT2D eigenvalue weighted by Crippen LogP contribution is -2.41. The summed E-state index contributed by atoms with van der Waals surface area (Å²) >= 11 is 5.49. The van der Waals surface area contributed by atoms with E-state index < -0.39 is 0 Å². The molecule has 1 aromatic heterocycles. The summed E-state index contributed by atoms with van der Waals surface area (Å²) in [7, 11) is 0. The topological polar surface area (TPSA) is 21.3 Å². The van der Waals surface area contributed by atoms with Crippen LogP contribution in [0.2, 0.25) is 0 Å². The van der Waals surface area contributed by atoms with Crippen LogP contribution in [0.3, 0.4) is 0 Å². The summed E-state index contributed by atoms with van der Waals surface area (Å²) in [6.45, 7) is 8.55. The zero-order valence-corrected chi connectivity index (χ0v) is 13.8. The highest BCUT2D eigenvalue weighted by Crippen LogP contribution is 2.41. The van der Waals surface area contributed by atoms with Gasteiger partial charge >= 0.3 is 0 Å². The summed E-state index contributed by atoms with van der Waals surface area (Å²) in [5.74, 6) is 0. The lowest BCUT2D eigenvalue weighted by atomic mass is 9.91. The molecule has 1 aromatic rings. The molecule has 2 atom stereocenters. The van der Waals surface area contributed by atoms with E-state index in [0.29, 0.717) is 6.04 Å². The second kappa shape index (κ2) is 6.04. The van der Waals surface area contributed by atoms with Gasteiger partial charge in [-0.15, -0.1) is 11.3 Å². The molecular weight excluding hydrogens is 310 g/mol. The molecule has 1 N–H and O–H groups in total. The Morgan fingerprint density at radius 2 is 2.39 bits per heavy atom. The average molecular weight is 332 g/mol. The van der Waals surface area contributed by atoms with Gasteiger partial charge in [0.25, 0.3) is 0 Å². The summed E-state index contributed by atoms with van der Waals surface area (Å²) in [6, 6.07) is 2.57. The van der Waals surface area contributed by atoms with E-state index in [4.69, 9.17) is 4.74 Å². The summed E-state index contributed by atoms with van der Waals surface area (Å²) in [5.41, 5.74) is -0.0497. The highest BCUT2D eigenvalue weighted by atomic mass is 79.9. The predicted molar refractivity (Wildman–Crippen MR) is 81.4 cm³/mol. The van der Waals surface area contributed by atoms with Crippen molar-refractivity contribution in [2.75, 3.05) is 13.2 Å². The summed E-state index contributed by atoms with van der Waals surface area (Å²) in [6.07, 6.45) is 3.47. The minimum Gasteiger partial charge on any atom is -0.373 e. The summed E-state index contributed by atoms with van der Waals surface area (Å²) < 4.78 is 7.25. The van der Waals surface area contributed by atoms with Crippen molar-refractivity contribution in [2.24, 2.45) is 0 Å². The molecular formula is C14H22BrNOS. The SMILES string of the molecule is CCCNC(c1cc(Br)c(C)s1)C1(C)CCCO1. The van der Waals surface area contributed by atoms with Gasteiger partial charge in [-0.2, -0.15) is 0 Å². The van der Waals surface area contributed by atoms with Gasteiger partial charge in [-0.3, -0.25) is 0 Å². The Morgan fingerprint density at radius 1 is 1.61 bits per heavy atom. The van der Waals surface area contributed by atoms with E-state index in [9.17, 15) is 0 Å². The van der Waals surface area contributed by atoms with Gasteiger partial charge in [0.15, 0.2) is 0 Å². The van der Waals surface area contributed by atoms with Gasteiger partial charge in [0, 0.05) is 20.8 Å². The van der Waals surface area contributed by atoms with E-state index >= 15 is 0 Å². The summed E-state index contributed by atoms with van der Waals surface area (Å²) in [5, 5.41) is 3.67. The van der Waals surface area contributed by atoms with Crippen LogP contribution in [0.25, 0.3) is 0 Å². The Kier molecular flexibility index (Phi) is 4.86. The Morgan fingerprint density at radius 3 is 2.89 bits per heavy atom. The van der Waals surface area contributed by atoms with Crippen LogP contribution in [-0.4, -0.2) is 18.8 Å². The number of thiophene rings is 1. The van der Waals surface area contributed by atoms with Crippen LogP contribution in [0.4, 0.5) is 0 Å². The minimum atomic E-state index is -0.0497. The third kappa shape index (κ3) is 2.98. The number of hydrogen-bond acceptors (Lipinski definition) is 3. The number of halogens is 1. The molecule has 1 aliphatic heterocycles. The molecule has 2 unspecified atom stereocenters. The maximum Gasteiger partial charge on any atom is 0.0857 e. The van der Waals surface area contributed by atoms with Crippen LogP contribution in [0, 0.1) is 6.92 Å². The van der Waals surface area contributed by atoms with Crippen LogP contribution in [0.5, 0.6) is 0 Å². The van der Waals surface area contributed by atoms with Crippen molar-refractivity contribution in [3.05, 3.63) is 20.3 Å². The van der Waals surface area contributed by atoms with Crippen molar-refractivity contribution in [1.29, 1.82) is 0 Å². The van der Waals surface area contributed by atoms with Crippen molar-refractivity contribution in [3.63, 3.8) is 0 Å². The van der Waals surface area contributed by atoms with Crippen LogP contribution in [0.1, 0.15) is 48.9 Å². The van der Waals surface area contributed by atoms with Crippen LogP contribution < -0.4 is 5.32 Å². The van der Waals surface area contributed by atoms with Crippen LogP contribution in [-0.2, 0) is 4.74 Å². The molecule has 0 saturated carbocycles. The van der Waals surface area contributed by atoms with E-state index in [1.54, 1.807) is 0 Å². The monoisotopic (exact) mass is 331 g/mol. The lowest BCUT2D eigenvalue weighted by molar-refractivity contribution is -0.0115. The highest BCUT2D eigenvalue weighted by molar-refractivity contribution is 9.10. The first-order chi connectivity index (χ1) is 8.57.